The van der Waals surface area contributed by atoms with E-state index in [0.29, 0.717) is 13.1 Å². The van der Waals surface area contributed by atoms with E-state index in [0.717, 1.165) is 0 Å². The van der Waals surface area contributed by atoms with Crippen LogP contribution in [-0.4, -0.2) is 65.3 Å². The lowest BCUT2D eigenvalue weighted by molar-refractivity contribution is -0.253. The summed E-state index contributed by atoms with van der Waals surface area (Å²) in [7, 11) is 0. The fourth-order valence-electron chi connectivity index (χ4n) is 1.29. The molecule has 1 aliphatic rings. The van der Waals surface area contributed by atoms with Crippen LogP contribution in [0, 0.1) is 0 Å². The lowest BCUT2D eigenvalue weighted by Crippen LogP contribution is -2.54. The fourth-order valence-corrected chi connectivity index (χ4v) is 1.29. The molecule has 0 aliphatic carbocycles. The molecule has 1 rings (SSSR count). The first-order chi connectivity index (χ1) is 8.41. The molecule has 1 saturated heterocycles. The second kappa shape index (κ2) is 6.64. The zero-order valence-corrected chi connectivity index (χ0v) is 10.3. The van der Waals surface area contributed by atoms with Gasteiger partial charge in [0.25, 0.3) is 0 Å². The van der Waals surface area contributed by atoms with Gasteiger partial charge in [0.1, 0.15) is 6.10 Å². The number of ether oxygens (including phenoxy) is 1. The number of hydroxylamine groups is 2. The Hall–Kier alpha value is -1.22. The molecule has 8 nitrogen and oxygen atoms in total. The molecule has 0 aromatic rings. The molecule has 3 N–H and O–H groups in total. The van der Waals surface area contributed by atoms with Gasteiger partial charge in [-0.25, -0.2) is 9.59 Å². The lowest BCUT2D eigenvalue weighted by Gasteiger charge is -2.33. The highest BCUT2D eigenvalue weighted by Gasteiger charge is 2.30. The Balaban J connectivity index is 2.57. The number of piperazine rings is 1. The van der Waals surface area contributed by atoms with Gasteiger partial charge < -0.3 is 25.1 Å². The number of carbonyl (C=O) groups excluding carboxylic acids is 2. The number of carbonyl (C=O) groups is 2. The molecule has 0 aromatic heterocycles. The minimum Gasteiger partial charge on any atom is -0.440 e. The molecule has 1 aliphatic heterocycles. The van der Waals surface area contributed by atoms with Gasteiger partial charge in [-0.1, -0.05) is 5.06 Å². The van der Waals surface area contributed by atoms with Crippen LogP contribution < -0.4 is 5.32 Å². The topological polar surface area (TPSA) is 108 Å². The summed E-state index contributed by atoms with van der Waals surface area (Å²) >= 11 is 0. The van der Waals surface area contributed by atoms with Gasteiger partial charge in [0.05, 0.1) is 6.54 Å². The highest BCUT2D eigenvalue weighted by atomic mass is 16.7. The van der Waals surface area contributed by atoms with E-state index in [1.54, 1.807) is 0 Å². The van der Waals surface area contributed by atoms with Gasteiger partial charge in [0.15, 0.2) is 12.3 Å². The van der Waals surface area contributed by atoms with Gasteiger partial charge in [0.2, 0.25) is 0 Å². The molecule has 1 fully saturated rings. The normalized spacial score (nSPS) is 24.1. The SMILES string of the molecule is CC(O)C(=O)OC1CNCCN1OC(=O)C(C)O. The van der Waals surface area contributed by atoms with Crippen molar-refractivity contribution < 1.29 is 29.4 Å². The maximum Gasteiger partial charge on any atom is 0.353 e. The van der Waals surface area contributed by atoms with E-state index in [9.17, 15) is 9.59 Å². The maximum absolute atomic E-state index is 11.3. The van der Waals surface area contributed by atoms with Crippen molar-refractivity contribution in [3.05, 3.63) is 0 Å². The Morgan fingerprint density at radius 3 is 2.44 bits per heavy atom. The summed E-state index contributed by atoms with van der Waals surface area (Å²) in [6.07, 6.45) is -3.32. The van der Waals surface area contributed by atoms with E-state index in [2.05, 4.69) is 5.32 Å². The van der Waals surface area contributed by atoms with E-state index in [1.807, 2.05) is 0 Å². The second-order valence-corrected chi connectivity index (χ2v) is 4.00. The molecular formula is C10H18N2O6. The van der Waals surface area contributed by atoms with Crippen LogP contribution in [0.5, 0.6) is 0 Å². The van der Waals surface area contributed by atoms with Crippen molar-refractivity contribution in [3.8, 4) is 0 Å². The van der Waals surface area contributed by atoms with Crippen molar-refractivity contribution in [2.45, 2.75) is 32.3 Å². The summed E-state index contributed by atoms with van der Waals surface area (Å²) in [6.45, 7) is 3.70. The number of aliphatic hydroxyl groups excluding tert-OH is 2. The average molecular weight is 262 g/mol. The van der Waals surface area contributed by atoms with Gasteiger partial charge in [0, 0.05) is 13.1 Å². The largest absolute Gasteiger partial charge is 0.440 e. The molecule has 0 saturated carbocycles. The summed E-state index contributed by atoms with van der Waals surface area (Å²) in [5.41, 5.74) is 0. The number of hydrogen-bond acceptors (Lipinski definition) is 8. The van der Waals surface area contributed by atoms with Crippen molar-refractivity contribution in [1.82, 2.24) is 10.4 Å². The molecular weight excluding hydrogens is 244 g/mol. The number of nitrogens with one attached hydrogen (secondary N) is 1. The van der Waals surface area contributed by atoms with Crippen LogP contribution in [-0.2, 0) is 19.2 Å². The average Bonchev–Trinajstić information content (AvgIpc) is 2.31. The first kappa shape index (κ1) is 14.8. The van der Waals surface area contributed by atoms with Crippen LogP contribution in [0.1, 0.15) is 13.8 Å². The van der Waals surface area contributed by atoms with Gasteiger partial charge in [-0.15, -0.1) is 0 Å². The summed E-state index contributed by atoms with van der Waals surface area (Å²) < 4.78 is 4.96. The quantitative estimate of drug-likeness (QED) is 0.498. The molecule has 0 radical (unpaired) electrons. The van der Waals surface area contributed by atoms with Crippen LogP contribution in [0.3, 0.4) is 0 Å². The summed E-state index contributed by atoms with van der Waals surface area (Å²) in [5.74, 6) is -1.63. The van der Waals surface area contributed by atoms with Crippen molar-refractivity contribution in [1.29, 1.82) is 0 Å². The fraction of sp³-hybridized carbons (Fsp3) is 0.800. The molecule has 8 heteroatoms. The summed E-state index contributed by atoms with van der Waals surface area (Å²) in [6, 6.07) is 0. The monoisotopic (exact) mass is 262 g/mol. The number of rotatable bonds is 4. The smallest absolute Gasteiger partial charge is 0.353 e. The Morgan fingerprint density at radius 2 is 1.89 bits per heavy atom. The van der Waals surface area contributed by atoms with Crippen LogP contribution in [0.2, 0.25) is 0 Å². The van der Waals surface area contributed by atoms with E-state index < -0.39 is 30.4 Å². The van der Waals surface area contributed by atoms with Crippen molar-refractivity contribution in [3.63, 3.8) is 0 Å². The van der Waals surface area contributed by atoms with Gasteiger partial charge in [-0.2, -0.15) is 0 Å². The molecule has 18 heavy (non-hydrogen) atoms. The Labute approximate surface area is 104 Å². The van der Waals surface area contributed by atoms with Gasteiger partial charge in [-0.3, -0.25) is 0 Å². The van der Waals surface area contributed by atoms with Crippen LogP contribution in [0.15, 0.2) is 0 Å². The third kappa shape index (κ3) is 4.22. The molecule has 104 valence electrons. The first-order valence-electron chi connectivity index (χ1n) is 5.67. The van der Waals surface area contributed by atoms with E-state index in [-0.39, 0.29) is 6.54 Å². The molecule has 0 bridgehead atoms. The molecule has 0 spiro atoms. The molecule has 3 unspecified atom stereocenters. The predicted molar refractivity (Wildman–Crippen MR) is 58.9 cm³/mol. The third-order valence-corrected chi connectivity index (χ3v) is 2.29. The van der Waals surface area contributed by atoms with Crippen LogP contribution in [0.4, 0.5) is 0 Å². The number of nitrogens with zero attached hydrogens (tertiary/aromatic N) is 1. The minimum atomic E-state index is -1.26. The lowest BCUT2D eigenvalue weighted by atomic mass is 10.3. The summed E-state index contributed by atoms with van der Waals surface area (Å²) in [5, 5.41) is 22.2. The van der Waals surface area contributed by atoms with Crippen LogP contribution >= 0.6 is 0 Å². The van der Waals surface area contributed by atoms with E-state index in [4.69, 9.17) is 19.8 Å². The summed E-state index contributed by atoms with van der Waals surface area (Å²) in [4.78, 5) is 27.4. The minimum absolute atomic E-state index is 0.269. The zero-order valence-electron chi connectivity index (χ0n) is 10.3. The van der Waals surface area contributed by atoms with Crippen molar-refractivity contribution in [2.75, 3.05) is 19.6 Å². The standard InChI is InChI=1S/C10H18N2O6/c1-6(13)9(15)17-8-5-11-3-4-12(8)18-10(16)7(2)14/h6-8,11,13-14H,3-5H2,1-2H3. The molecule has 0 aromatic carbocycles. The Morgan fingerprint density at radius 1 is 1.28 bits per heavy atom. The van der Waals surface area contributed by atoms with E-state index in [1.165, 1.54) is 18.9 Å². The Kier molecular flexibility index (Phi) is 5.48. The number of hydrogen-bond donors (Lipinski definition) is 3. The van der Waals surface area contributed by atoms with Crippen molar-refractivity contribution >= 4 is 11.9 Å². The van der Waals surface area contributed by atoms with Crippen molar-refractivity contribution in [2.24, 2.45) is 0 Å². The zero-order chi connectivity index (χ0) is 13.7. The number of aliphatic hydroxyl groups is 2. The molecule has 3 atom stereocenters. The maximum atomic E-state index is 11.3. The first-order valence-corrected chi connectivity index (χ1v) is 5.67. The molecule has 1 heterocycles. The highest BCUT2D eigenvalue weighted by molar-refractivity contribution is 5.74. The van der Waals surface area contributed by atoms with Gasteiger partial charge in [-0.05, 0) is 13.8 Å². The van der Waals surface area contributed by atoms with Crippen LogP contribution in [0.25, 0.3) is 0 Å². The highest BCUT2D eigenvalue weighted by Crippen LogP contribution is 2.08. The predicted octanol–water partition coefficient (Wildman–Crippen LogP) is -2.02. The van der Waals surface area contributed by atoms with E-state index >= 15 is 0 Å². The van der Waals surface area contributed by atoms with Gasteiger partial charge >= 0.3 is 11.9 Å². The number of esters is 1. The second-order valence-electron chi connectivity index (χ2n) is 4.00. The molecule has 0 amide bonds. The Bertz CT molecular complexity index is 277. The third-order valence-electron chi connectivity index (χ3n) is 2.29.